The number of rotatable bonds is 3. The van der Waals surface area contributed by atoms with E-state index in [0.717, 1.165) is 11.4 Å². The van der Waals surface area contributed by atoms with Gasteiger partial charge in [0.25, 0.3) is 0 Å². The molecule has 5 heteroatoms. The average molecular weight is 234 g/mol. The van der Waals surface area contributed by atoms with Crippen LogP contribution in [0.3, 0.4) is 0 Å². The molecule has 0 amide bonds. The number of thiazole rings is 1. The van der Waals surface area contributed by atoms with Gasteiger partial charge in [0.15, 0.2) is 5.13 Å². The number of hydrogen-bond acceptors (Lipinski definition) is 4. The smallest absolute Gasteiger partial charge is 0.180 e. The second-order valence-electron chi connectivity index (χ2n) is 3.76. The van der Waals surface area contributed by atoms with Crippen LogP contribution in [0.25, 0.3) is 12.2 Å². The van der Waals surface area contributed by atoms with E-state index >= 15 is 0 Å². The molecule has 2 rings (SSSR count). The topological polar surface area (TPSA) is 56.7 Å². The van der Waals surface area contributed by atoms with Crippen LogP contribution in [0.1, 0.15) is 31.3 Å². The Kier molecular flexibility index (Phi) is 3.05. The summed E-state index contributed by atoms with van der Waals surface area (Å²) in [6, 6.07) is 0.405. The molecule has 0 aliphatic carbocycles. The van der Waals surface area contributed by atoms with Gasteiger partial charge in [0.1, 0.15) is 0 Å². The quantitative estimate of drug-likeness (QED) is 0.888. The molecule has 0 radical (unpaired) electrons. The Labute approximate surface area is 98.5 Å². The van der Waals surface area contributed by atoms with E-state index in [9.17, 15) is 0 Å². The van der Waals surface area contributed by atoms with Crippen LogP contribution in [-0.2, 0) is 0 Å². The van der Waals surface area contributed by atoms with Crippen molar-refractivity contribution < 1.29 is 0 Å². The van der Waals surface area contributed by atoms with Crippen molar-refractivity contribution in [2.45, 2.75) is 19.9 Å². The maximum absolute atomic E-state index is 5.56. The normalized spacial score (nSPS) is 11.7. The van der Waals surface area contributed by atoms with E-state index in [0.29, 0.717) is 11.2 Å². The van der Waals surface area contributed by atoms with Gasteiger partial charge in [-0.05, 0) is 26.0 Å². The molecule has 0 spiro atoms. The monoisotopic (exact) mass is 234 g/mol. The van der Waals surface area contributed by atoms with Gasteiger partial charge >= 0.3 is 0 Å². The largest absolute Gasteiger partial charge is 0.375 e. The fraction of sp³-hybridized carbons (Fsp3) is 0.273. The zero-order valence-electron chi connectivity index (χ0n) is 9.29. The third-order valence-corrected chi connectivity index (χ3v) is 2.91. The lowest BCUT2D eigenvalue weighted by atomic mass is 10.3. The van der Waals surface area contributed by atoms with E-state index in [2.05, 4.69) is 28.4 Å². The van der Waals surface area contributed by atoms with Gasteiger partial charge in [-0.1, -0.05) is 0 Å². The van der Waals surface area contributed by atoms with Crippen molar-refractivity contribution >= 4 is 28.6 Å². The summed E-state index contributed by atoms with van der Waals surface area (Å²) < 4.78 is 2.10. The number of hydrogen-bond donors (Lipinski definition) is 1. The van der Waals surface area contributed by atoms with Crippen molar-refractivity contribution in [2.75, 3.05) is 5.73 Å². The first-order valence-electron chi connectivity index (χ1n) is 5.07. The second kappa shape index (κ2) is 4.49. The number of imidazole rings is 1. The lowest BCUT2D eigenvalue weighted by molar-refractivity contribution is 0.595. The minimum atomic E-state index is 0.405. The van der Waals surface area contributed by atoms with Crippen molar-refractivity contribution in [3.63, 3.8) is 0 Å². The highest BCUT2D eigenvalue weighted by Crippen LogP contribution is 2.15. The Bertz CT molecular complexity index is 496. The van der Waals surface area contributed by atoms with Gasteiger partial charge < -0.3 is 10.3 Å². The molecule has 0 atom stereocenters. The van der Waals surface area contributed by atoms with Gasteiger partial charge in [-0.25, -0.2) is 9.97 Å². The van der Waals surface area contributed by atoms with Crippen molar-refractivity contribution in [2.24, 2.45) is 0 Å². The standard InChI is InChI=1S/C11H14N4S/c1-8(2)15-7-13-5-10(15)4-3-9-6-16-11(12)14-9/h3-8H,1-2H3,(H2,12,14). The lowest BCUT2D eigenvalue weighted by Gasteiger charge is -2.08. The fourth-order valence-corrected chi connectivity index (χ4v) is 1.95. The molecular formula is C11H14N4S. The minimum absolute atomic E-state index is 0.405. The average Bonchev–Trinajstić information content (AvgIpc) is 2.83. The van der Waals surface area contributed by atoms with Crippen LogP contribution in [0.4, 0.5) is 5.13 Å². The van der Waals surface area contributed by atoms with Crippen molar-refractivity contribution in [1.29, 1.82) is 0 Å². The molecule has 0 aliphatic rings. The van der Waals surface area contributed by atoms with Crippen molar-refractivity contribution in [3.8, 4) is 0 Å². The highest BCUT2D eigenvalue weighted by Gasteiger charge is 2.02. The Morgan fingerprint density at radius 1 is 1.44 bits per heavy atom. The first-order valence-corrected chi connectivity index (χ1v) is 5.95. The molecule has 0 saturated carbocycles. The molecule has 4 nitrogen and oxygen atoms in total. The van der Waals surface area contributed by atoms with Crippen molar-refractivity contribution in [3.05, 3.63) is 29.3 Å². The summed E-state index contributed by atoms with van der Waals surface area (Å²) in [6.07, 6.45) is 7.62. The zero-order chi connectivity index (χ0) is 11.5. The van der Waals surface area contributed by atoms with Gasteiger partial charge in [-0.3, -0.25) is 0 Å². The Hall–Kier alpha value is -1.62. The van der Waals surface area contributed by atoms with E-state index < -0.39 is 0 Å². The molecule has 2 N–H and O–H groups in total. The summed E-state index contributed by atoms with van der Waals surface area (Å²) in [7, 11) is 0. The molecule has 16 heavy (non-hydrogen) atoms. The molecular weight excluding hydrogens is 220 g/mol. The summed E-state index contributed by atoms with van der Waals surface area (Å²) in [5.74, 6) is 0. The fourth-order valence-electron chi connectivity index (χ4n) is 1.42. The Morgan fingerprint density at radius 2 is 2.25 bits per heavy atom. The molecule has 0 aliphatic heterocycles. The van der Waals surface area contributed by atoms with Gasteiger partial charge in [0, 0.05) is 11.4 Å². The first kappa shape index (κ1) is 10.9. The summed E-state index contributed by atoms with van der Waals surface area (Å²) >= 11 is 1.45. The van der Waals surface area contributed by atoms with Gasteiger partial charge in [-0.2, -0.15) is 0 Å². The predicted octanol–water partition coefficient (Wildman–Crippen LogP) is 2.67. The number of nitrogens with zero attached hydrogens (tertiary/aromatic N) is 3. The summed E-state index contributed by atoms with van der Waals surface area (Å²) in [6.45, 7) is 4.25. The molecule has 0 aromatic carbocycles. The van der Waals surface area contributed by atoms with Crippen LogP contribution in [0.5, 0.6) is 0 Å². The molecule has 0 saturated heterocycles. The van der Waals surface area contributed by atoms with E-state index in [4.69, 9.17) is 5.73 Å². The third-order valence-electron chi connectivity index (χ3n) is 2.22. The van der Waals surface area contributed by atoms with Gasteiger partial charge in [0.2, 0.25) is 0 Å². The molecule has 0 unspecified atom stereocenters. The maximum Gasteiger partial charge on any atom is 0.180 e. The van der Waals surface area contributed by atoms with Gasteiger partial charge in [0.05, 0.1) is 23.9 Å². The lowest BCUT2D eigenvalue weighted by Crippen LogP contribution is -2.00. The Morgan fingerprint density at radius 3 is 2.88 bits per heavy atom. The highest BCUT2D eigenvalue weighted by atomic mass is 32.1. The second-order valence-corrected chi connectivity index (χ2v) is 4.65. The third kappa shape index (κ3) is 2.30. The summed E-state index contributed by atoms with van der Waals surface area (Å²) in [4.78, 5) is 8.29. The minimum Gasteiger partial charge on any atom is -0.375 e. The maximum atomic E-state index is 5.56. The summed E-state index contributed by atoms with van der Waals surface area (Å²) in [5, 5.41) is 2.53. The molecule has 0 fully saturated rings. The van der Waals surface area contributed by atoms with E-state index in [1.807, 2.05) is 30.1 Å². The molecule has 2 aromatic heterocycles. The van der Waals surface area contributed by atoms with E-state index in [1.165, 1.54) is 11.3 Å². The SMILES string of the molecule is CC(C)n1cncc1C=Cc1csc(N)n1. The first-order chi connectivity index (χ1) is 7.66. The van der Waals surface area contributed by atoms with Crippen LogP contribution >= 0.6 is 11.3 Å². The highest BCUT2D eigenvalue weighted by molar-refractivity contribution is 7.13. The van der Waals surface area contributed by atoms with Crippen LogP contribution in [0.15, 0.2) is 17.9 Å². The number of nitrogen functional groups attached to an aromatic ring is 1. The summed E-state index contributed by atoms with van der Waals surface area (Å²) in [5.41, 5.74) is 7.52. The van der Waals surface area contributed by atoms with Crippen molar-refractivity contribution in [1.82, 2.24) is 14.5 Å². The number of nitrogens with two attached hydrogens (primary N) is 1. The van der Waals surface area contributed by atoms with Crippen LogP contribution in [-0.4, -0.2) is 14.5 Å². The van der Waals surface area contributed by atoms with E-state index in [-0.39, 0.29) is 0 Å². The van der Waals surface area contributed by atoms with Crippen LogP contribution < -0.4 is 5.73 Å². The van der Waals surface area contributed by atoms with E-state index in [1.54, 1.807) is 0 Å². The predicted molar refractivity (Wildman–Crippen MR) is 68.1 cm³/mol. The Balaban J connectivity index is 2.20. The molecule has 0 bridgehead atoms. The number of aromatic nitrogens is 3. The van der Waals surface area contributed by atoms with Crippen LogP contribution in [0, 0.1) is 0 Å². The van der Waals surface area contributed by atoms with Gasteiger partial charge in [-0.15, -0.1) is 11.3 Å². The molecule has 2 aromatic rings. The van der Waals surface area contributed by atoms with Crippen LogP contribution in [0.2, 0.25) is 0 Å². The molecule has 2 heterocycles. The molecule has 84 valence electrons. The zero-order valence-corrected chi connectivity index (χ0v) is 10.1. The number of anilines is 1.